The van der Waals surface area contributed by atoms with Gasteiger partial charge in [-0.25, -0.2) is 4.79 Å². The number of hydrogen-bond donors (Lipinski definition) is 0. The lowest BCUT2D eigenvalue weighted by molar-refractivity contribution is 0.0308. The number of likely N-dealkylation sites (tertiary alicyclic amines) is 1. The number of carbonyl (C=O) groups excluding carboxylic acids is 1. The first-order chi connectivity index (χ1) is 13.2. The zero-order valence-corrected chi connectivity index (χ0v) is 15.3. The van der Waals surface area contributed by atoms with Gasteiger partial charge in [0.2, 0.25) is 0 Å². The van der Waals surface area contributed by atoms with E-state index >= 15 is 0 Å². The van der Waals surface area contributed by atoms with Crippen LogP contribution in [0.3, 0.4) is 0 Å². The summed E-state index contributed by atoms with van der Waals surface area (Å²) in [5.74, 6) is -0.322. The summed E-state index contributed by atoms with van der Waals surface area (Å²) < 4.78 is 7.32. The van der Waals surface area contributed by atoms with Crippen molar-refractivity contribution in [2.45, 2.75) is 19.1 Å². The minimum Gasteiger partial charge on any atom is -0.456 e. The van der Waals surface area contributed by atoms with Crippen molar-refractivity contribution in [3.05, 3.63) is 72.2 Å². The van der Waals surface area contributed by atoms with Crippen molar-refractivity contribution in [3.63, 3.8) is 0 Å². The topological polar surface area (TPSA) is 60.3 Å². The predicted octanol–water partition coefficient (Wildman–Crippen LogP) is 2.91. The van der Waals surface area contributed by atoms with Crippen molar-refractivity contribution in [2.24, 2.45) is 7.05 Å². The number of rotatable bonds is 5. The number of aromatic nitrogens is 3. The Bertz CT molecular complexity index is 908. The maximum Gasteiger partial charge on any atom is 0.356 e. The highest BCUT2D eigenvalue weighted by atomic mass is 16.5. The van der Waals surface area contributed by atoms with Gasteiger partial charge in [0.25, 0.3) is 0 Å². The summed E-state index contributed by atoms with van der Waals surface area (Å²) in [4.78, 5) is 18.9. The van der Waals surface area contributed by atoms with Gasteiger partial charge < -0.3 is 4.74 Å². The summed E-state index contributed by atoms with van der Waals surface area (Å²) in [6.45, 7) is 2.57. The van der Waals surface area contributed by atoms with Gasteiger partial charge in [0.15, 0.2) is 0 Å². The Hall–Kier alpha value is -2.99. The molecule has 1 aliphatic heterocycles. The molecule has 2 aromatic heterocycles. The molecule has 0 N–H and O–H groups in total. The van der Waals surface area contributed by atoms with E-state index in [4.69, 9.17) is 4.74 Å². The van der Waals surface area contributed by atoms with E-state index < -0.39 is 0 Å². The van der Waals surface area contributed by atoms with E-state index in [0.29, 0.717) is 5.69 Å². The monoisotopic (exact) mass is 362 g/mol. The van der Waals surface area contributed by atoms with Gasteiger partial charge >= 0.3 is 5.97 Å². The predicted molar refractivity (Wildman–Crippen MR) is 102 cm³/mol. The first-order valence-electron chi connectivity index (χ1n) is 9.11. The Balaban J connectivity index is 1.38. The minimum atomic E-state index is -0.322. The second-order valence-corrected chi connectivity index (χ2v) is 6.81. The Labute approximate surface area is 158 Å². The summed E-state index contributed by atoms with van der Waals surface area (Å²) in [5, 5.41) is 4.42. The molecule has 0 aliphatic carbocycles. The highest BCUT2D eigenvalue weighted by Gasteiger charge is 2.27. The van der Waals surface area contributed by atoms with Crippen LogP contribution in [0.25, 0.3) is 11.3 Å². The second-order valence-electron chi connectivity index (χ2n) is 6.81. The number of ether oxygens (including phenoxy) is 1. The minimum absolute atomic E-state index is 0.0829. The van der Waals surface area contributed by atoms with Crippen LogP contribution in [0.2, 0.25) is 0 Å². The average Bonchev–Trinajstić information content (AvgIpc) is 3.29. The third-order valence-corrected chi connectivity index (χ3v) is 4.82. The van der Waals surface area contributed by atoms with E-state index in [9.17, 15) is 4.79 Å². The van der Waals surface area contributed by atoms with Crippen molar-refractivity contribution in [2.75, 3.05) is 13.1 Å². The van der Waals surface area contributed by atoms with Crippen LogP contribution in [0.5, 0.6) is 0 Å². The van der Waals surface area contributed by atoms with Crippen LogP contribution in [-0.4, -0.2) is 44.8 Å². The average molecular weight is 362 g/mol. The number of esters is 1. The van der Waals surface area contributed by atoms with Crippen LogP contribution >= 0.6 is 0 Å². The Morgan fingerprint density at radius 1 is 1.19 bits per heavy atom. The van der Waals surface area contributed by atoms with E-state index in [2.05, 4.69) is 27.1 Å². The van der Waals surface area contributed by atoms with Crippen LogP contribution in [-0.2, 0) is 18.3 Å². The molecular formula is C21H22N4O2. The lowest BCUT2D eigenvalue weighted by Crippen LogP contribution is -2.25. The fraction of sp³-hybridized carbons (Fsp3) is 0.286. The maximum absolute atomic E-state index is 12.6. The van der Waals surface area contributed by atoms with Gasteiger partial charge in [-0.1, -0.05) is 30.3 Å². The van der Waals surface area contributed by atoms with Gasteiger partial charge in [-0.15, -0.1) is 0 Å². The van der Waals surface area contributed by atoms with Crippen LogP contribution in [0.15, 0.2) is 60.9 Å². The molecule has 0 saturated carbocycles. The van der Waals surface area contributed by atoms with E-state index in [1.165, 1.54) is 5.56 Å². The van der Waals surface area contributed by atoms with Gasteiger partial charge in [-0.3, -0.25) is 14.6 Å². The third-order valence-electron chi connectivity index (χ3n) is 4.82. The van der Waals surface area contributed by atoms with Crippen LogP contribution in [0.1, 0.15) is 22.5 Å². The molecule has 27 heavy (non-hydrogen) atoms. The molecule has 1 saturated heterocycles. The maximum atomic E-state index is 12.6. The Kier molecular flexibility index (Phi) is 4.98. The smallest absolute Gasteiger partial charge is 0.356 e. The number of carbonyl (C=O) groups is 1. The van der Waals surface area contributed by atoms with Crippen LogP contribution in [0.4, 0.5) is 0 Å². The summed E-state index contributed by atoms with van der Waals surface area (Å²) in [6, 6.07) is 15.9. The molecule has 6 heteroatoms. The molecule has 0 unspecified atom stereocenters. The molecule has 138 valence electrons. The molecule has 1 aromatic carbocycles. The molecule has 0 bridgehead atoms. The molecule has 1 atom stereocenters. The fourth-order valence-electron chi connectivity index (χ4n) is 3.41. The quantitative estimate of drug-likeness (QED) is 0.653. The summed E-state index contributed by atoms with van der Waals surface area (Å²) in [6.07, 6.45) is 4.19. The Morgan fingerprint density at radius 3 is 2.74 bits per heavy atom. The highest BCUT2D eigenvalue weighted by molar-refractivity contribution is 5.89. The molecule has 0 amide bonds. The SMILES string of the molecule is Cn1nc(-c2ccncc2)cc1C(=O)O[C@@H]1CCN(Cc2ccccc2)C1. The molecule has 0 radical (unpaired) electrons. The van der Waals surface area contributed by atoms with Crippen molar-refractivity contribution in [3.8, 4) is 11.3 Å². The van der Waals surface area contributed by atoms with Crippen LogP contribution in [0, 0.1) is 0 Å². The van der Waals surface area contributed by atoms with Gasteiger partial charge in [-0.05, 0) is 30.2 Å². The fourth-order valence-corrected chi connectivity index (χ4v) is 3.41. The van der Waals surface area contributed by atoms with E-state index in [-0.39, 0.29) is 12.1 Å². The number of aryl methyl sites for hydroxylation is 1. The highest BCUT2D eigenvalue weighted by Crippen LogP contribution is 2.21. The lowest BCUT2D eigenvalue weighted by Gasteiger charge is -2.16. The number of nitrogens with zero attached hydrogens (tertiary/aromatic N) is 4. The second kappa shape index (κ2) is 7.72. The van der Waals surface area contributed by atoms with E-state index in [1.54, 1.807) is 30.2 Å². The molecular weight excluding hydrogens is 340 g/mol. The van der Waals surface area contributed by atoms with Gasteiger partial charge in [0.05, 0.1) is 5.69 Å². The Morgan fingerprint density at radius 2 is 1.96 bits per heavy atom. The zero-order chi connectivity index (χ0) is 18.6. The summed E-state index contributed by atoms with van der Waals surface area (Å²) >= 11 is 0. The molecule has 6 nitrogen and oxygen atoms in total. The normalized spacial score (nSPS) is 17.1. The number of benzene rings is 1. The van der Waals surface area contributed by atoms with Gasteiger partial charge in [0, 0.05) is 44.6 Å². The van der Waals surface area contributed by atoms with Crippen molar-refractivity contribution in [1.82, 2.24) is 19.7 Å². The molecule has 1 aliphatic rings. The first-order valence-corrected chi connectivity index (χ1v) is 9.11. The largest absolute Gasteiger partial charge is 0.456 e. The van der Waals surface area contributed by atoms with Gasteiger partial charge in [0.1, 0.15) is 11.8 Å². The van der Waals surface area contributed by atoms with Crippen LogP contribution < -0.4 is 0 Å². The molecule has 1 fully saturated rings. The van der Waals surface area contributed by atoms with E-state index in [0.717, 1.165) is 37.3 Å². The first kappa shape index (κ1) is 17.4. The lowest BCUT2D eigenvalue weighted by atomic mass is 10.2. The van der Waals surface area contributed by atoms with Crippen molar-refractivity contribution >= 4 is 5.97 Å². The number of hydrogen-bond acceptors (Lipinski definition) is 5. The standard InChI is InChI=1S/C21H22N4O2/c1-24-20(13-19(23-24)17-7-10-22-11-8-17)21(26)27-18-9-12-25(15-18)14-16-5-3-2-4-6-16/h2-8,10-11,13,18H,9,12,14-15H2,1H3/t18-/m1/s1. The zero-order valence-electron chi connectivity index (χ0n) is 15.3. The molecule has 3 aromatic rings. The third kappa shape index (κ3) is 4.06. The van der Waals surface area contributed by atoms with E-state index in [1.807, 2.05) is 30.3 Å². The summed E-state index contributed by atoms with van der Waals surface area (Å²) in [7, 11) is 1.76. The molecule has 0 spiro atoms. The van der Waals surface area contributed by atoms with Crippen molar-refractivity contribution < 1.29 is 9.53 Å². The number of pyridine rings is 1. The van der Waals surface area contributed by atoms with Gasteiger partial charge in [-0.2, -0.15) is 5.10 Å². The molecule has 4 rings (SSSR count). The van der Waals surface area contributed by atoms with Crippen molar-refractivity contribution in [1.29, 1.82) is 0 Å². The summed E-state index contributed by atoms with van der Waals surface area (Å²) in [5.41, 5.74) is 3.40. The molecule has 3 heterocycles.